The zero-order valence-corrected chi connectivity index (χ0v) is 13.2. The van der Waals surface area contributed by atoms with E-state index in [1.54, 1.807) is 0 Å². The Morgan fingerprint density at radius 1 is 1.16 bits per heavy atom. The topological polar surface area (TPSA) is 24.9 Å². The summed E-state index contributed by atoms with van der Waals surface area (Å²) >= 11 is 9.69. The number of hydrogen-bond acceptors (Lipinski definition) is 2. The van der Waals surface area contributed by atoms with Crippen LogP contribution in [0, 0.1) is 0 Å². The summed E-state index contributed by atoms with van der Waals surface area (Å²) in [5.41, 5.74) is 2.12. The van der Waals surface area contributed by atoms with Gasteiger partial charge in [-0.15, -0.1) is 0 Å². The van der Waals surface area contributed by atoms with Gasteiger partial charge in [0.2, 0.25) is 0 Å². The molecule has 2 nitrogen and oxygen atoms in total. The molecule has 2 atom stereocenters. The van der Waals surface area contributed by atoms with Gasteiger partial charge in [-0.05, 0) is 43.7 Å². The van der Waals surface area contributed by atoms with Crippen molar-refractivity contribution in [2.75, 3.05) is 0 Å². The van der Waals surface area contributed by atoms with E-state index in [1.165, 1.54) is 0 Å². The van der Waals surface area contributed by atoms with Gasteiger partial charge in [0.15, 0.2) is 0 Å². The van der Waals surface area contributed by atoms with E-state index in [1.807, 2.05) is 42.6 Å². The Balaban J connectivity index is 2.10. The standard InChI is InChI=1S/C15H16BrClN2/c1-10(13-7-6-12(16)9-14(13)17)19-11(2)15-5-3-4-8-18-15/h3-11,19H,1-2H3. The summed E-state index contributed by atoms with van der Waals surface area (Å²) in [6, 6.07) is 12.2. The number of aromatic nitrogens is 1. The smallest absolute Gasteiger partial charge is 0.0570 e. The molecular formula is C15H16BrClN2. The highest BCUT2D eigenvalue weighted by Crippen LogP contribution is 2.27. The van der Waals surface area contributed by atoms with E-state index >= 15 is 0 Å². The fourth-order valence-electron chi connectivity index (χ4n) is 2.03. The first kappa shape index (κ1) is 14.5. The molecule has 0 fully saturated rings. The molecule has 2 aromatic rings. The molecule has 4 heteroatoms. The fourth-order valence-corrected chi connectivity index (χ4v) is 2.87. The number of pyridine rings is 1. The van der Waals surface area contributed by atoms with Crippen LogP contribution in [-0.2, 0) is 0 Å². The number of nitrogens with one attached hydrogen (secondary N) is 1. The van der Waals surface area contributed by atoms with Crippen LogP contribution in [0.5, 0.6) is 0 Å². The third-order valence-corrected chi connectivity index (χ3v) is 3.88. The van der Waals surface area contributed by atoms with Crippen molar-refractivity contribution in [2.24, 2.45) is 0 Å². The van der Waals surface area contributed by atoms with Crippen LogP contribution in [0.4, 0.5) is 0 Å². The first-order valence-corrected chi connectivity index (χ1v) is 7.37. The Bertz CT molecular complexity index is 545. The lowest BCUT2D eigenvalue weighted by Gasteiger charge is -2.21. The average Bonchev–Trinajstić information content (AvgIpc) is 2.39. The van der Waals surface area contributed by atoms with Crippen molar-refractivity contribution in [3.8, 4) is 0 Å². The van der Waals surface area contributed by atoms with Gasteiger partial charge < -0.3 is 5.32 Å². The molecule has 0 radical (unpaired) electrons. The molecule has 0 aliphatic heterocycles. The summed E-state index contributed by atoms with van der Waals surface area (Å²) in [6.07, 6.45) is 1.81. The molecular weight excluding hydrogens is 324 g/mol. The highest BCUT2D eigenvalue weighted by Gasteiger charge is 2.14. The maximum Gasteiger partial charge on any atom is 0.0570 e. The lowest BCUT2D eigenvalue weighted by atomic mass is 10.1. The second-order valence-electron chi connectivity index (χ2n) is 4.53. The minimum absolute atomic E-state index is 0.164. The van der Waals surface area contributed by atoms with Crippen molar-refractivity contribution < 1.29 is 0 Å². The second-order valence-corrected chi connectivity index (χ2v) is 5.85. The summed E-state index contributed by atoms with van der Waals surface area (Å²) in [5.74, 6) is 0. The molecule has 0 aliphatic carbocycles. The van der Waals surface area contributed by atoms with Crippen LogP contribution in [0.1, 0.15) is 37.2 Å². The van der Waals surface area contributed by atoms with Gasteiger partial charge in [0, 0.05) is 27.8 Å². The lowest BCUT2D eigenvalue weighted by molar-refractivity contribution is 0.486. The average molecular weight is 340 g/mol. The van der Waals surface area contributed by atoms with E-state index in [0.717, 1.165) is 20.8 Å². The molecule has 0 bridgehead atoms. The van der Waals surface area contributed by atoms with Crippen molar-refractivity contribution in [2.45, 2.75) is 25.9 Å². The van der Waals surface area contributed by atoms with Crippen LogP contribution in [-0.4, -0.2) is 4.98 Å². The molecule has 0 spiro atoms. The highest BCUT2D eigenvalue weighted by atomic mass is 79.9. The van der Waals surface area contributed by atoms with Crippen molar-refractivity contribution >= 4 is 27.5 Å². The molecule has 100 valence electrons. The van der Waals surface area contributed by atoms with Gasteiger partial charge in [0.1, 0.15) is 0 Å². The zero-order chi connectivity index (χ0) is 13.8. The van der Waals surface area contributed by atoms with Crippen LogP contribution >= 0.6 is 27.5 Å². The van der Waals surface area contributed by atoms with Gasteiger partial charge in [-0.1, -0.05) is 39.7 Å². The van der Waals surface area contributed by atoms with Crippen molar-refractivity contribution in [1.29, 1.82) is 0 Å². The van der Waals surface area contributed by atoms with Crippen molar-refractivity contribution in [1.82, 2.24) is 10.3 Å². The predicted molar refractivity (Wildman–Crippen MR) is 83.4 cm³/mol. The van der Waals surface area contributed by atoms with E-state index in [0.29, 0.717) is 0 Å². The van der Waals surface area contributed by atoms with Crippen LogP contribution < -0.4 is 5.32 Å². The molecule has 2 unspecified atom stereocenters. The fraction of sp³-hybridized carbons (Fsp3) is 0.267. The Hall–Kier alpha value is -0.900. The summed E-state index contributed by atoms with van der Waals surface area (Å²) in [7, 11) is 0. The molecule has 2 rings (SSSR count). The van der Waals surface area contributed by atoms with Crippen LogP contribution in [0.25, 0.3) is 0 Å². The van der Waals surface area contributed by atoms with Crippen LogP contribution in [0.15, 0.2) is 47.1 Å². The largest absolute Gasteiger partial charge is 0.302 e. The van der Waals surface area contributed by atoms with E-state index in [-0.39, 0.29) is 12.1 Å². The highest BCUT2D eigenvalue weighted by molar-refractivity contribution is 9.10. The van der Waals surface area contributed by atoms with Crippen LogP contribution in [0.3, 0.4) is 0 Å². The van der Waals surface area contributed by atoms with Gasteiger partial charge in [0.25, 0.3) is 0 Å². The maximum absolute atomic E-state index is 6.27. The monoisotopic (exact) mass is 338 g/mol. The molecule has 0 amide bonds. The molecule has 1 aromatic heterocycles. The minimum atomic E-state index is 0.164. The molecule has 0 saturated carbocycles. The Labute approximate surface area is 127 Å². The summed E-state index contributed by atoms with van der Waals surface area (Å²) in [6.45, 7) is 4.21. The predicted octanol–water partition coefficient (Wildman–Crippen LogP) is 4.91. The number of hydrogen-bond donors (Lipinski definition) is 1. The summed E-state index contributed by atoms with van der Waals surface area (Å²) in [5, 5.41) is 4.28. The van der Waals surface area contributed by atoms with Gasteiger partial charge in [0.05, 0.1) is 5.69 Å². The Morgan fingerprint density at radius 2 is 1.95 bits per heavy atom. The first-order valence-electron chi connectivity index (χ1n) is 6.20. The van der Waals surface area contributed by atoms with Crippen LogP contribution in [0.2, 0.25) is 5.02 Å². The molecule has 1 heterocycles. The zero-order valence-electron chi connectivity index (χ0n) is 10.9. The number of rotatable bonds is 4. The Kier molecular flexibility index (Phi) is 4.97. The molecule has 19 heavy (non-hydrogen) atoms. The maximum atomic E-state index is 6.27. The van der Waals surface area contributed by atoms with Gasteiger partial charge in [-0.25, -0.2) is 0 Å². The van der Waals surface area contributed by atoms with E-state index in [4.69, 9.17) is 11.6 Å². The lowest BCUT2D eigenvalue weighted by Crippen LogP contribution is -2.23. The van der Waals surface area contributed by atoms with E-state index < -0.39 is 0 Å². The number of halogens is 2. The van der Waals surface area contributed by atoms with E-state index in [2.05, 4.69) is 40.1 Å². The summed E-state index contributed by atoms with van der Waals surface area (Å²) < 4.78 is 0.992. The van der Waals surface area contributed by atoms with Gasteiger partial charge in [-0.2, -0.15) is 0 Å². The number of benzene rings is 1. The summed E-state index contributed by atoms with van der Waals surface area (Å²) in [4.78, 5) is 4.36. The quantitative estimate of drug-likeness (QED) is 0.856. The molecule has 0 saturated heterocycles. The van der Waals surface area contributed by atoms with Crippen molar-refractivity contribution in [3.05, 3.63) is 63.3 Å². The molecule has 0 aliphatic rings. The second kappa shape index (κ2) is 6.51. The van der Waals surface area contributed by atoms with Gasteiger partial charge >= 0.3 is 0 Å². The normalized spacial score (nSPS) is 14.1. The Morgan fingerprint density at radius 3 is 2.58 bits per heavy atom. The van der Waals surface area contributed by atoms with Crippen molar-refractivity contribution in [3.63, 3.8) is 0 Å². The van der Waals surface area contributed by atoms with E-state index in [9.17, 15) is 0 Å². The van der Waals surface area contributed by atoms with Gasteiger partial charge in [-0.3, -0.25) is 4.98 Å². The molecule has 1 N–H and O–H groups in total. The third kappa shape index (κ3) is 3.78. The third-order valence-electron chi connectivity index (χ3n) is 3.06. The SMILES string of the molecule is CC(NC(C)c1ccc(Br)cc1Cl)c1ccccn1. The molecule has 1 aromatic carbocycles. The first-order chi connectivity index (χ1) is 9.08. The number of nitrogens with zero attached hydrogens (tertiary/aromatic N) is 1. The minimum Gasteiger partial charge on any atom is -0.302 e.